The number of piperidine rings is 1. The number of aromatic amines is 1. The number of fused-ring (bicyclic) bond motifs is 1. The summed E-state index contributed by atoms with van der Waals surface area (Å²) in [6.45, 7) is 10.5. The summed E-state index contributed by atoms with van der Waals surface area (Å²) < 4.78 is 0. The topological polar surface area (TPSA) is 82.0 Å². The number of H-pyrrole nitrogens is 1. The summed E-state index contributed by atoms with van der Waals surface area (Å²) in [5, 5.41) is 6.51. The Morgan fingerprint density at radius 2 is 2.11 bits per heavy atom. The predicted molar refractivity (Wildman–Crippen MR) is 119 cm³/mol. The first-order chi connectivity index (χ1) is 13.6. The number of allylic oxidation sites excluding steroid dienone is 3. The standard InChI is InChI=1S/C22H32N6/c1-4-18(19(23)8-9-24-3)22-26-20-15-17(14-16(2)21(20)27-22)25-10-13-28-11-6-5-7-12-28/h4,8-9,14-15,24-25H,1,5-7,10-13,23H2,2-3H3,(H,26,27)/b9-8-,19-18-. The van der Waals surface area contributed by atoms with Gasteiger partial charge in [-0.25, -0.2) is 4.98 Å². The summed E-state index contributed by atoms with van der Waals surface area (Å²) in [5.41, 5.74) is 11.8. The van der Waals surface area contributed by atoms with Crippen molar-refractivity contribution in [3.63, 3.8) is 0 Å². The predicted octanol–water partition coefficient (Wildman–Crippen LogP) is 3.36. The van der Waals surface area contributed by atoms with Crippen molar-refractivity contribution in [2.45, 2.75) is 26.2 Å². The minimum Gasteiger partial charge on any atom is -0.398 e. The van der Waals surface area contributed by atoms with Crippen molar-refractivity contribution in [3.05, 3.63) is 54.1 Å². The number of rotatable bonds is 8. The SMILES string of the molecule is C=C/C(=C(N)\C=C/NC)c1nc2c(C)cc(NCCN3CCCCC3)cc2[nH]1. The summed E-state index contributed by atoms with van der Waals surface area (Å²) in [4.78, 5) is 10.7. The van der Waals surface area contributed by atoms with Gasteiger partial charge in [-0.05, 0) is 62.8 Å². The first kappa shape index (κ1) is 20.0. The number of nitrogens with one attached hydrogen (secondary N) is 3. The second-order valence-corrected chi connectivity index (χ2v) is 7.30. The minimum atomic E-state index is 0.612. The van der Waals surface area contributed by atoms with Gasteiger partial charge in [0.05, 0.1) is 11.0 Å². The van der Waals surface area contributed by atoms with Gasteiger partial charge in [-0.15, -0.1) is 0 Å². The number of nitrogens with zero attached hydrogens (tertiary/aromatic N) is 2. The molecule has 1 aromatic carbocycles. The molecule has 0 atom stereocenters. The van der Waals surface area contributed by atoms with Gasteiger partial charge >= 0.3 is 0 Å². The summed E-state index contributed by atoms with van der Waals surface area (Å²) in [7, 11) is 1.84. The molecule has 28 heavy (non-hydrogen) atoms. The molecule has 0 spiro atoms. The van der Waals surface area contributed by atoms with E-state index in [0.29, 0.717) is 5.70 Å². The van der Waals surface area contributed by atoms with E-state index in [1.807, 2.05) is 13.1 Å². The van der Waals surface area contributed by atoms with Gasteiger partial charge in [-0.1, -0.05) is 19.1 Å². The van der Waals surface area contributed by atoms with Crippen LogP contribution in [0.25, 0.3) is 16.6 Å². The molecule has 1 aliphatic rings. The van der Waals surface area contributed by atoms with E-state index < -0.39 is 0 Å². The highest BCUT2D eigenvalue weighted by molar-refractivity contribution is 5.87. The molecule has 0 aliphatic carbocycles. The Morgan fingerprint density at radius 1 is 1.32 bits per heavy atom. The Bertz CT molecular complexity index is 871. The highest BCUT2D eigenvalue weighted by Crippen LogP contribution is 2.25. The number of hydrogen-bond donors (Lipinski definition) is 4. The van der Waals surface area contributed by atoms with E-state index in [-0.39, 0.29) is 0 Å². The number of anilines is 1. The van der Waals surface area contributed by atoms with E-state index in [1.165, 1.54) is 32.4 Å². The number of aryl methyl sites for hydroxylation is 1. The van der Waals surface area contributed by atoms with E-state index in [0.717, 1.165) is 46.8 Å². The molecule has 6 heteroatoms. The summed E-state index contributed by atoms with van der Waals surface area (Å²) in [5.74, 6) is 0.733. The number of benzene rings is 1. The molecule has 0 amide bonds. The first-order valence-electron chi connectivity index (χ1n) is 10.1. The molecular formula is C22H32N6. The minimum absolute atomic E-state index is 0.612. The maximum absolute atomic E-state index is 6.18. The normalized spacial score (nSPS) is 16.4. The Hall–Kier alpha value is -2.73. The van der Waals surface area contributed by atoms with Crippen molar-refractivity contribution in [2.24, 2.45) is 5.73 Å². The van der Waals surface area contributed by atoms with Crippen LogP contribution in [-0.2, 0) is 0 Å². The molecule has 2 heterocycles. The monoisotopic (exact) mass is 380 g/mol. The zero-order chi connectivity index (χ0) is 19.9. The van der Waals surface area contributed by atoms with E-state index >= 15 is 0 Å². The van der Waals surface area contributed by atoms with Gasteiger partial charge in [0, 0.05) is 37.1 Å². The maximum atomic E-state index is 6.18. The molecule has 2 aromatic rings. The molecule has 6 nitrogen and oxygen atoms in total. The van der Waals surface area contributed by atoms with E-state index in [2.05, 4.69) is 46.2 Å². The smallest absolute Gasteiger partial charge is 0.140 e. The molecule has 5 N–H and O–H groups in total. The summed E-state index contributed by atoms with van der Waals surface area (Å²) in [6, 6.07) is 4.28. The van der Waals surface area contributed by atoms with Gasteiger partial charge < -0.3 is 26.3 Å². The first-order valence-corrected chi connectivity index (χ1v) is 10.1. The third-order valence-corrected chi connectivity index (χ3v) is 5.18. The Morgan fingerprint density at radius 3 is 2.82 bits per heavy atom. The molecule has 1 saturated heterocycles. The second-order valence-electron chi connectivity index (χ2n) is 7.30. The van der Waals surface area contributed by atoms with Gasteiger partial charge in [-0.3, -0.25) is 0 Å². The van der Waals surface area contributed by atoms with Gasteiger partial charge in [0.15, 0.2) is 0 Å². The zero-order valence-electron chi connectivity index (χ0n) is 17.0. The van der Waals surface area contributed by atoms with Crippen LogP contribution in [0.3, 0.4) is 0 Å². The van der Waals surface area contributed by atoms with Crippen LogP contribution in [0.1, 0.15) is 30.7 Å². The van der Waals surface area contributed by atoms with Gasteiger partial charge in [0.1, 0.15) is 5.82 Å². The van der Waals surface area contributed by atoms with Crippen molar-refractivity contribution >= 4 is 22.3 Å². The lowest BCUT2D eigenvalue weighted by atomic mass is 10.1. The number of nitrogens with two attached hydrogens (primary N) is 1. The van der Waals surface area contributed by atoms with Crippen molar-refractivity contribution < 1.29 is 0 Å². The lowest BCUT2D eigenvalue weighted by molar-refractivity contribution is 0.237. The van der Waals surface area contributed by atoms with Crippen molar-refractivity contribution in [1.29, 1.82) is 0 Å². The molecule has 1 fully saturated rings. The third kappa shape index (κ3) is 4.75. The lowest BCUT2D eigenvalue weighted by Gasteiger charge is -2.26. The van der Waals surface area contributed by atoms with Crippen LogP contribution in [0.15, 0.2) is 42.8 Å². The van der Waals surface area contributed by atoms with Gasteiger partial charge in [0.2, 0.25) is 0 Å². The van der Waals surface area contributed by atoms with Crippen LogP contribution in [0.4, 0.5) is 5.69 Å². The number of aromatic nitrogens is 2. The van der Waals surface area contributed by atoms with Crippen molar-refractivity contribution in [1.82, 2.24) is 20.2 Å². The average molecular weight is 381 g/mol. The average Bonchev–Trinajstić information content (AvgIpc) is 3.12. The Kier molecular flexibility index (Phi) is 6.76. The molecule has 0 bridgehead atoms. The van der Waals surface area contributed by atoms with Gasteiger partial charge in [-0.2, -0.15) is 0 Å². The van der Waals surface area contributed by atoms with Crippen molar-refractivity contribution in [3.8, 4) is 0 Å². The number of hydrogen-bond acceptors (Lipinski definition) is 5. The van der Waals surface area contributed by atoms with Gasteiger partial charge in [0.25, 0.3) is 0 Å². The van der Waals surface area contributed by atoms with E-state index in [9.17, 15) is 0 Å². The lowest BCUT2D eigenvalue weighted by Crippen LogP contribution is -2.33. The molecule has 0 saturated carbocycles. The van der Waals surface area contributed by atoms with Crippen LogP contribution in [0.5, 0.6) is 0 Å². The molecule has 1 aromatic heterocycles. The second kappa shape index (κ2) is 9.46. The summed E-state index contributed by atoms with van der Waals surface area (Å²) >= 11 is 0. The maximum Gasteiger partial charge on any atom is 0.140 e. The molecular weight excluding hydrogens is 348 g/mol. The number of likely N-dealkylation sites (tertiary alicyclic amines) is 1. The zero-order valence-corrected chi connectivity index (χ0v) is 17.0. The van der Waals surface area contributed by atoms with E-state index in [1.54, 1.807) is 12.3 Å². The van der Waals surface area contributed by atoms with Crippen molar-refractivity contribution in [2.75, 3.05) is 38.5 Å². The van der Waals surface area contributed by atoms with Crippen LogP contribution in [0, 0.1) is 6.92 Å². The molecule has 0 unspecified atom stereocenters. The fourth-order valence-electron chi connectivity index (χ4n) is 3.68. The fourth-order valence-corrected chi connectivity index (χ4v) is 3.68. The van der Waals surface area contributed by atoms with E-state index in [4.69, 9.17) is 10.7 Å². The molecule has 3 rings (SSSR count). The molecule has 1 aliphatic heterocycles. The van der Waals surface area contributed by atoms with Crippen LogP contribution in [0.2, 0.25) is 0 Å². The highest BCUT2D eigenvalue weighted by atomic mass is 15.1. The number of imidazole rings is 1. The van der Waals surface area contributed by atoms with Crippen LogP contribution >= 0.6 is 0 Å². The molecule has 0 radical (unpaired) electrons. The Balaban J connectivity index is 1.77. The molecule has 150 valence electrons. The van der Waals surface area contributed by atoms with Crippen LogP contribution < -0.4 is 16.4 Å². The van der Waals surface area contributed by atoms with Crippen LogP contribution in [-0.4, -0.2) is 48.1 Å². The highest BCUT2D eigenvalue weighted by Gasteiger charge is 2.12. The Labute approximate surface area is 167 Å². The third-order valence-electron chi connectivity index (χ3n) is 5.18. The largest absolute Gasteiger partial charge is 0.398 e. The quantitative estimate of drug-likeness (QED) is 0.528. The fraction of sp³-hybridized carbons (Fsp3) is 0.409. The summed E-state index contributed by atoms with van der Waals surface area (Å²) in [6.07, 6.45) is 9.36.